The van der Waals surface area contributed by atoms with Gasteiger partial charge in [-0.15, -0.1) is 0 Å². The zero-order chi connectivity index (χ0) is 15.4. The number of nitrogens with zero attached hydrogens (tertiary/aromatic N) is 2. The molecule has 118 valence electrons. The Bertz CT molecular complexity index is 282. The van der Waals surface area contributed by atoms with Crippen molar-refractivity contribution in [3.8, 4) is 0 Å². The van der Waals surface area contributed by atoms with E-state index in [1.54, 1.807) is 11.9 Å². The van der Waals surface area contributed by atoms with Crippen LogP contribution in [0.3, 0.4) is 0 Å². The molecule has 0 N–H and O–H groups in total. The molecule has 0 aliphatic carbocycles. The van der Waals surface area contributed by atoms with Crippen molar-refractivity contribution in [3.05, 3.63) is 0 Å². The van der Waals surface area contributed by atoms with Gasteiger partial charge in [-0.1, -0.05) is 20.8 Å². The van der Waals surface area contributed by atoms with E-state index in [0.29, 0.717) is 39.1 Å². The monoisotopic (exact) mass is 286 g/mol. The quantitative estimate of drug-likeness (QED) is 0.545. The number of rotatable bonds is 11. The van der Waals surface area contributed by atoms with Crippen molar-refractivity contribution in [2.75, 3.05) is 39.9 Å². The fourth-order valence-corrected chi connectivity index (χ4v) is 1.85. The van der Waals surface area contributed by atoms with E-state index in [9.17, 15) is 9.59 Å². The largest absolute Gasteiger partial charge is 0.381 e. The summed E-state index contributed by atoms with van der Waals surface area (Å²) in [6, 6.07) is 0. The average molecular weight is 286 g/mol. The van der Waals surface area contributed by atoms with E-state index in [4.69, 9.17) is 4.74 Å². The van der Waals surface area contributed by atoms with Crippen LogP contribution in [0.15, 0.2) is 0 Å². The van der Waals surface area contributed by atoms with Gasteiger partial charge in [-0.2, -0.15) is 0 Å². The van der Waals surface area contributed by atoms with E-state index in [-0.39, 0.29) is 11.8 Å². The standard InChI is InChI=1S/C15H30N2O3/c1-5-9-17(14(18)7-3)11-10-16(4)15(19)8-13-20-12-6-2/h5-13H2,1-4H3. The summed E-state index contributed by atoms with van der Waals surface area (Å²) in [7, 11) is 1.78. The second-order valence-electron chi connectivity index (χ2n) is 4.91. The summed E-state index contributed by atoms with van der Waals surface area (Å²) >= 11 is 0. The molecule has 0 atom stereocenters. The molecule has 2 amide bonds. The maximum absolute atomic E-state index is 11.9. The van der Waals surface area contributed by atoms with E-state index < -0.39 is 0 Å². The first-order valence-electron chi connectivity index (χ1n) is 7.66. The Kier molecular flexibility index (Phi) is 11.1. The first-order valence-corrected chi connectivity index (χ1v) is 7.66. The van der Waals surface area contributed by atoms with Crippen LogP contribution in [0, 0.1) is 0 Å². The minimum Gasteiger partial charge on any atom is -0.381 e. The lowest BCUT2D eigenvalue weighted by Gasteiger charge is -2.25. The van der Waals surface area contributed by atoms with Crippen molar-refractivity contribution in [2.45, 2.75) is 46.5 Å². The molecule has 0 saturated heterocycles. The lowest BCUT2D eigenvalue weighted by molar-refractivity contribution is -0.134. The van der Waals surface area contributed by atoms with Crippen molar-refractivity contribution >= 4 is 11.8 Å². The first kappa shape index (κ1) is 18.9. The van der Waals surface area contributed by atoms with Crippen LogP contribution < -0.4 is 0 Å². The molecule has 0 aromatic carbocycles. The number of carbonyl (C=O) groups excluding carboxylic acids is 2. The van der Waals surface area contributed by atoms with E-state index in [0.717, 1.165) is 19.4 Å². The van der Waals surface area contributed by atoms with Crippen LogP contribution in [0.2, 0.25) is 0 Å². The Morgan fingerprint density at radius 2 is 1.60 bits per heavy atom. The molecule has 0 rings (SSSR count). The van der Waals surface area contributed by atoms with Crippen molar-refractivity contribution in [1.82, 2.24) is 9.80 Å². The van der Waals surface area contributed by atoms with E-state index in [1.165, 1.54) is 0 Å². The molecule has 0 saturated carbocycles. The number of hydrogen-bond acceptors (Lipinski definition) is 3. The van der Waals surface area contributed by atoms with E-state index in [2.05, 4.69) is 6.92 Å². The van der Waals surface area contributed by atoms with Crippen LogP contribution >= 0.6 is 0 Å². The summed E-state index contributed by atoms with van der Waals surface area (Å²) in [6.07, 6.45) is 2.83. The molecule has 5 heteroatoms. The Labute approximate surface area is 123 Å². The first-order chi connectivity index (χ1) is 9.56. The van der Waals surface area contributed by atoms with Crippen molar-refractivity contribution in [3.63, 3.8) is 0 Å². The normalized spacial score (nSPS) is 10.4. The molecule has 0 radical (unpaired) electrons. The molecule has 0 aliphatic rings. The second-order valence-corrected chi connectivity index (χ2v) is 4.91. The third-order valence-corrected chi connectivity index (χ3v) is 3.09. The molecule has 0 aromatic heterocycles. The van der Waals surface area contributed by atoms with Crippen LogP contribution in [0.5, 0.6) is 0 Å². The van der Waals surface area contributed by atoms with Gasteiger partial charge >= 0.3 is 0 Å². The molecule has 0 heterocycles. The minimum atomic E-state index is 0.0708. The summed E-state index contributed by atoms with van der Waals surface area (Å²) in [5.41, 5.74) is 0. The van der Waals surface area contributed by atoms with Gasteiger partial charge in [0.1, 0.15) is 0 Å². The van der Waals surface area contributed by atoms with Crippen LogP contribution in [0.25, 0.3) is 0 Å². The number of hydrogen-bond donors (Lipinski definition) is 0. The number of ether oxygens (including phenoxy) is 1. The maximum atomic E-state index is 11.9. The highest BCUT2D eigenvalue weighted by Crippen LogP contribution is 1.99. The Hall–Kier alpha value is -1.10. The molecule has 0 fully saturated rings. The third kappa shape index (κ3) is 8.15. The second kappa shape index (κ2) is 11.7. The Morgan fingerprint density at radius 3 is 2.15 bits per heavy atom. The number of likely N-dealkylation sites (N-methyl/N-ethyl adjacent to an activating group) is 1. The zero-order valence-corrected chi connectivity index (χ0v) is 13.5. The van der Waals surface area contributed by atoms with Crippen LogP contribution in [0.1, 0.15) is 46.5 Å². The van der Waals surface area contributed by atoms with Gasteiger partial charge < -0.3 is 14.5 Å². The van der Waals surface area contributed by atoms with Gasteiger partial charge in [0.15, 0.2) is 0 Å². The van der Waals surface area contributed by atoms with E-state index in [1.807, 2.05) is 18.7 Å². The molecule has 0 unspecified atom stereocenters. The lowest BCUT2D eigenvalue weighted by Crippen LogP contribution is -2.39. The van der Waals surface area contributed by atoms with Crippen molar-refractivity contribution in [1.29, 1.82) is 0 Å². The summed E-state index contributed by atoms with van der Waals surface area (Å²) in [4.78, 5) is 27.1. The molecule has 20 heavy (non-hydrogen) atoms. The Balaban J connectivity index is 4.01. The summed E-state index contributed by atoms with van der Waals surface area (Å²) in [6.45, 7) is 9.09. The van der Waals surface area contributed by atoms with Gasteiger partial charge in [0.05, 0.1) is 13.0 Å². The summed E-state index contributed by atoms with van der Waals surface area (Å²) in [5.74, 6) is 0.223. The topological polar surface area (TPSA) is 49.9 Å². The van der Waals surface area contributed by atoms with Crippen molar-refractivity contribution in [2.24, 2.45) is 0 Å². The van der Waals surface area contributed by atoms with Gasteiger partial charge in [0.2, 0.25) is 11.8 Å². The summed E-state index contributed by atoms with van der Waals surface area (Å²) in [5, 5.41) is 0. The number of carbonyl (C=O) groups is 2. The van der Waals surface area contributed by atoms with Gasteiger partial charge in [-0.05, 0) is 12.8 Å². The summed E-state index contributed by atoms with van der Waals surface area (Å²) < 4.78 is 5.31. The highest BCUT2D eigenvalue weighted by molar-refractivity contribution is 5.77. The van der Waals surface area contributed by atoms with Gasteiger partial charge in [0.25, 0.3) is 0 Å². The molecule has 0 bridgehead atoms. The van der Waals surface area contributed by atoms with Crippen LogP contribution in [-0.2, 0) is 14.3 Å². The SMILES string of the molecule is CCCOCCC(=O)N(C)CCN(CCC)C(=O)CC. The predicted molar refractivity (Wildman–Crippen MR) is 80.5 cm³/mol. The fraction of sp³-hybridized carbons (Fsp3) is 0.867. The molecule has 0 aromatic rings. The van der Waals surface area contributed by atoms with E-state index >= 15 is 0 Å². The molecule has 0 spiro atoms. The smallest absolute Gasteiger partial charge is 0.224 e. The highest BCUT2D eigenvalue weighted by Gasteiger charge is 2.13. The molecule has 0 aliphatic heterocycles. The average Bonchev–Trinajstić information content (AvgIpc) is 2.46. The van der Waals surface area contributed by atoms with Gasteiger partial charge in [-0.3, -0.25) is 9.59 Å². The van der Waals surface area contributed by atoms with Crippen LogP contribution in [-0.4, -0.2) is 61.5 Å². The van der Waals surface area contributed by atoms with Crippen LogP contribution in [0.4, 0.5) is 0 Å². The van der Waals surface area contributed by atoms with Gasteiger partial charge in [-0.25, -0.2) is 0 Å². The van der Waals surface area contributed by atoms with Gasteiger partial charge in [0, 0.05) is 39.7 Å². The Morgan fingerprint density at radius 1 is 0.900 bits per heavy atom. The maximum Gasteiger partial charge on any atom is 0.224 e. The highest BCUT2D eigenvalue weighted by atomic mass is 16.5. The zero-order valence-electron chi connectivity index (χ0n) is 13.5. The molecular formula is C15H30N2O3. The third-order valence-electron chi connectivity index (χ3n) is 3.09. The molecule has 5 nitrogen and oxygen atoms in total. The van der Waals surface area contributed by atoms with Crippen molar-refractivity contribution < 1.29 is 14.3 Å². The number of amides is 2. The fourth-order valence-electron chi connectivity index (χ4n) is 1.85. The predicted octanol–water partition coefficient (Wildman–Crippen LogP) is 1.91. The lowest BCUT2D eigenvalue weighted by atomic mass is 10.3. The molecular weight excluding hydrogens is 256 g/mol. The minimum absolute atomic E-state index is 0.0708.